The number of nitrogens with one attached hydrogen (secondary N) is 1. The zero-order chi connectivity index (χ0) is 11.6. The van der Waals surface area contributed by atoms with Crippen molar-refractivity contribution in [1.82, 2.24) is 5.32 Å². The van der Waals surface area contributed by atoms with Crippen molar-refractivity contribution in [1.29, 1.82) is 0 Å². The first kappa shape index (κ1) is 17.2. The third kappa shape index (κ3) is 8.01. The Labute approximate surface area is 113 Å². The van der Waals surface area contributed by atoms with Gasteiger partial charge in [-0.2, -0.15) is 0 Å². The second-order valence-electron chi connectivity index (χ2n) is 5.15. The van der Waals surface area contributed by atoms with Gasteiger partial charge >= 0.3 is 0 Å². The average Bonchev–Trinajstić information content (AvgIpc) is 2.34. The first-order chi connectivity index (χ1) is 7.84. The van der Waals surface area contributed by atoms with Crippen molar-refractivity contribution in [2.75, 3.05) is 19.7 Å². The van der Waals surface area contributed by atoms with Crippen LogP contribution in [0.2, 0.25) is 0 Å². The highest BCUT2D eigenvalue weighted by molar-refractivity contribution is 5.85. The third-order valence-electron chi connectivity index (χ3n) is 3.60. The molecule has 1 heterocycles. The van der Waals surface area contributed by atoms with E-state index in [1.807, 2.05) is 0 Å². The molecule has 0 spiro atoms. The van der Waals surface area contributed by atoms with Crippen molar-refractivity contribution in [3.63, 3.8) is 0 Å². The highest BCUT2D eigenvalue weighted by atomic mass is 35.5. The zero-order valence-electron chi connectivity index (χ0n) is 11.5. The summed E-state index contributed by atoms with van der Waals surface area (Å²) in [5, 5.41) is 3.41. The topological polar surface area (TPSA) is 21.3 Å². The molecule has 0 aromatic carbocycles. The molecule has 0 amide bonds. The van der Waals surface area contributed by atoms with Gasteiger partial charge in [0, 0.05) is 13.1 Å². The quantitative estimate of drug-likeness (QED) is 0.673. The first-order valence-corrected chi connectivity index (χ1v) is 7.17. The summed E-state index contributed by atoms with van der Waals surface area (Å²) in [6.45, 7) is 7.59. The molecule has 2 unspecified atom stereocenters. The van der Waals surface area contributed by atoms with Crippen LogP contribution < -0.4 is 5.32 Å². The zero-order valence-corrected chi connectivity index (χ0v) is 12.4. The van der Waals surface area contributed by atoms with Crippen molar-refractivity contribution < 1.29 is 4.74 Å². The standard InChI is InChI=1S/C14H29NO.ClH/c1-3-4-5-6-7-8-9-13(2)14-12-15-10-11-16-14;/h13-15H,3-12H2,1-2H3;1H. The van der Waals surface area contributed by atoms with E-state index < -0.39 is 0 Å². The van der Waals surface area contributed by atoms with E-state index in [0.717, 1.165) is 25.6 Å². The largest absolute Gasteiger partial charge is 0.375 e. The number of ether oxygens (including phenoxy) is 1. The summed E-state index contributed by atoms with van der Waals surface area (Å²) in [7, 11) is 0. The maximum atomic E-state index is 5.77. The van der Waals surface area contributed by atoms with E-state index in [1.54, 1.807) is 0 Å². The molecule has 2 nitrogen and oxygen atoms in total. The van der Waals surface area contributed by atoms with Crippen LogP contribution in [0, 0.1) is 5.92 Å². The lowest BCUT2D eigenvalue weighted by atomic mass is 9.96. The van der Waals surface area contributed by atoms with Crippen LogP contribution in [-0.4, -0.2) is 25.8 Å². The molecule has 0 aromatic rings. The molecule has 1 aliphatic rings. The lowest BCUT2D eigenvalue weighted by Crippen LogP contribution is -2.41. The summed E-state index contributed by atoms with van der Waals surface area (Å²) < 4.78 is 5.77. The smallest absolute Gasteiger partial charge is 0.0725 e. The van der Waals surface area contributed by atoms with E-state index in [4.69, 9.17) is 4.74 Å². The highest BCUT2D eigenvalue weighted by Crippen LogP contribution is 2.17. The van der Waals surface area contributed by atoms with Gasteiger partial charge in [-0.3, -0.25) is 0 Å². The molecule has 0 bridgehead atoms. The monoisotopic (exact) mass is 263 g/mol. The SMILES string of the molecule is CCCCCCCCC(C)C1CNCCO1.Cl. The Hall–Kier alpha value is 0.210. The summed E-state index contributed by atoms with van der Waals surface area (Å²) in [4.78, 5) is 0. The van der Waals surface area contributed by atoms with Crippen LogP contribution in [0.1, 0.15) is 58.8 Å². The Bertz CT molecular complexity index is 160. The van der Waals surface area contributed by atoms with E-state index in [0.29, 0.717) is 6.10 Å². The van der Waals surface area contributed by atoms with Crippen LogP contribution >= 0.6 is 12.4 Å². The summed E-state index contributed by atoms with van der Waals surface area (Å²) in [6, 6.07) is 0. The second kappa shape index (κ2) is 11.3. The molecular formula is C14H30ClNO. The molecule has 2 atom stereocenters. The van der Waals surface area contributed by atoms with Crippen LogP contribution in [0.5, 0.6) is 0 Å². The Balaban J connectivity index is 0.00000256. The summed E-state index contributed by atoms with van der Waals surface area (Å²) >= 11 is 0. The molecule has 1 saturated heterocycles. The molecule has 0 aromatic heterocycles. The van der Waals surface area contributed by atoms with Gasteiger partial charge < -0.3 is 10.1 Å². The van der Waals surface area contributed by atoms with E-state index in [2.05, 4.69) is 19.2 Å². The Kier molecular flexibility index (Phi) is 11.4. The van der Waals surface area contributed by atoms with E-state index in [1.165, 1.54) is 44.9 Å². The predicted molar refractivity (Wildman–Crippen MR) is 77.0 cm³/mol. The molecule has 104 valence electrons. The van der Waals surface area contributed by atoms with Gasteiger partial charge in [0.2, 0.25) is 0 Å². The van der Waals surface area contributed by atoms with Gasteiger partial charge in [-0.05, 0) is 12.3 Å². The fourth-order valence-corrected chi connectivity index (χ4v) is 2.38. The number of halogens is 1. The molecule has 17 heavy (non-hydrogen) atoms. The van der Waals surface area contributed by atoms with Gasteiger partial charge in [-0.25, -0.2) is 0 Å². The normalized spacial score (nSPS) is 21.9. The maximum Gasteiger partial charge on any atom is 0.0725 e. The van der Waals surface area contributed by atoms with E-state index >= 15 is 0 Å². The molecular weight excluding hydrogens is 234 g/mol. The number of morpholine rings is 1. The Morgan fingerprint density at radius 2 is 1.88 bits per heavy atom. The maximum absolute atomic E-state index is 5.77. The van der Waals surface area contributed by atoms with Gasteiger partial charge in [-0.1, -0.05) is 52.4 Å². The van der Waals surface area contributed by atoms with Gasteiger partial charge in [0.1, 0.15) is 0 Å². The number of rotatable bonds is 8. The van der Waals surface area contributed by atoms with Crippen LogP contribution in [-0.2, 0) is 4.74 Å². The summed E-state index contributed by atoms with van der Waals surface area (Å²) in [6.07, 6.45) is 10.2. The van der Waals surface area contributed by atoms with Crippen molar-refractivity contribution in [3.05, 3.63) is 0 Å². The van der Waals surface area contributed by atoms with Crippen molar-refractivity contribution >= 4 is 12.4 Å². The van der Waals surface area contributed by atoms with E-state index in [9.17, 15) is 0 Å². The minimum absolute atomic E-state index is 0. The molecule has 0 saturated carbocycles. The Morgan fingerprint density at radius 1 is 1.18 bits per heavy atom. The third-order valence-corrected chi connectivity index (χ3v) is 3.60. The molecule has 3 heteroatoms. The first-order valence-electron chi connectivity index (χ1n) is 7.17. The van der Waals surface area contributed by atoms with Crippen LogP contribution in [0.4, 0.5) is 0 Å². The van der Waals surface area contributed by atoms with E-state index in [-0.39, 0.29) is 12.4 Å². The second-order valence-corrected chi connectivity index (χ2v) is 5.15. The fourth-order valence-electron chi connectivity index (χ4n) is 2.38. The molecule has 1 rings (SSSR count). The summed E-state index contributed by atoms with van der Waals surface area (Å²) in [5.41, 5.74) is 0. The summed E-state index contributed by atoms with van der Waals surface area (Å²) in [5.74, 6) is 0.721. The number of unbranched alkanes of at least 4 members (excludes halogenated alkanes) is 5. The number of hydrogen-bond donors (Lipinski definition) is 1. The molecule has 0 radical (unpaired) electrons. The van der Waals surface area contributed by atoms with Crippen molar-refractivity contribution in [3.8, 4) is 0 Å². The minimum Gasteiger partial charge on any atom is -0.375 e. The van der Waals surface area contributed by atoms with Crippen LogP contribution in [0.25, 0.3) is 0 Å². The molecule has 1 aliphatic heterocycles. The van der Waals surface area contributed by atoms with Gasteiger partial charge in [0.05, 0.1) is 12.7 Å². The fraction of sp³-hybridized carbons (Fsp3) is 1.00. The Morgan fingerprint density at radius 3 is 2.53 bits per heavy atom. The van der Waals surface area contributed by atoms with Gasteiger partial charge in [0.15, 0.2) is 0 Å². The number of hydrogen-bond acceptors (Lipinski definition) is 2. The average molecular weight is 264 g/mol. The molecule has 0 aliphatic carbocycles. The lowest BCUT2D eigenvalue weighted by molar-refractivity contribution is -0.00692. The lowest BCUT2D eigenvalue weighted by Gasteiger charge is -2.28. The van der Waals surface area contributed by atoms with Crippen LogP contribution in [0.15, 0.2) is 0 Å². The van der Waals surface area contributed by atoms with Crippen molar-refractivity contribution in [2.24, 2.45) is 5.92 Å². The minimum atomic E-state index is 0. The highest BCUT2D eigenvalue weighted by Gasteiger charge is 2.19. The van der Waals surface area contributed by atoms with Gasteiger partial charge in [-0.15, -0.1) is 12.4 Å². The van der Waals surface area contributed by atoms with Crippen LogP contribution in [0.3, 0.4) is 0 Å². The predicted octanol–water partition coefficient (Wildman–Crippen LogP) is 3.78. The van der Waals surface area contributed by atoms with Crippen molar-refractivity contribution in [2.45, 2.75) is 64.9 Å². The molecule has 1 N–H and O–H groups in total. The molecule has 1 fully saturated rings. The van der Waals surface area contributed by atoms with Gasteiger partial charge in [0.25, 0.3) is 0 Å².